The molecule has 1 aliphatic heterocycles. The van der Waals surface area contributed by atoms with E-state index >= 15 is 0 Å². The van der Waals surface area contributed by atoms with Crippen LogP contribution in [0.3, 0.4) is 0 Å². The SMILES string of the molecule is [2H]c1c([2H])c([2H])c(-c2cc(C(=O)CCC3CNC3)c3ccccc3n2)c([2H])c1[2H]. The summed E-state index contributed by atoms with van der Waals surface area (Å²) in [6.45, 7) is 1.86. The molecule has 1 aliphatic rings. The number of hydrogen-bond donors (Lipinski definition) is 1. The molecule has 0 atom stereocenters. The number of ketones is 1. The highest BCUT2D eigenvalue weighted by Gasteiger charge is 2.19. The van der Waals surface area contributed by atoms with E-state index in [0.717, 1.165) is 19.5 Å². The minimum atomic E-state index is -0.449. The number of pyridine rings is 1. The van der Waals surface area contributed by atoms with Crippen molar-refractivity contribution in [1.29, 1.82) is 0 Å². The summed E-state index contributed by atoms with van der Waals surface area (Å²) in [4.78, 5) is 17.5. The number of aromatic nitrogens is 1. The van der Waals surface area contributed by atoms with Gasteiger partial charge in [0.15, 0.2) is 5.78 Å². The van der Waals surface area contributed by atoms with E-state index in [0.29, 0.717) is 28.8 Å². The quantitative estimate of drug-likeness (QED) is 0.720. The van der Waals surface area contributed by atoms with Crippen LogP contribution in [0.15, 0.2) is 60.5 Å². The lowest BCUT2D eigenvalue weighted by atomic mass is 9.93. The largest absolute Gasteiger partial charge is 0.316 e. The van der Waals surface area contributed by atoms with Gasteiger partial charge >= 0.3 is 0 Å². The third-order valence-corrected chi connectivity index (χ3v) is 4.42. The first-order chi connectivity index (χ1) is 13.9. The van der Waals surface area contributed by atoms with E-state index in [2.05, 4.69) is 10.3 Å². The number of Topliss-reactive ketones (excluding diaryl/α,β-unsaturated/α-hetero) is 1. The first-order valence-electron chi connectivity index (χ1n) is 10.6. The van der Waals surface area contributed by atoms with E-state index in [4.69, 9.17) is 6.85 Å². The van der Waals surface area contributed by atoms with Gasteiger partial charge in [-0.1, -0.05) is 48.4 Å². The van der Waals surface area contributed by atoms with Crippen LogP contribution in [-0.2, 0) is 0 Å². The minimum Gasteiger partial charge on any atom is -0.316 e. The van der Waals surface area contributed by atoms with Crippen LogP contribution in [0.25, 0.3) is 22.2 Å². The van der Waals surface area contributed by atoms with Crippen molar-refractivity contribution >= 4 is 16.7 Å². The molecule has 3 aromatic rings. The van der Waals surface area contributed by atoms with Crippen molar-refractivity contribution in [2.24, 2.45) is 5.92 Å². The first-order valence-corrected chi connectivity index (χ1v) is 8.09. The number of rotatable bonds is 5. The van der Waals surface area contributed by atoms with Crippen LogP contribution >= 0.6 is 0 Å². The molecule has 4 rings (SSSR count). The standard InChI is InChI=1S/C21H20N2O/c24-21(11-10-15-13-22-14-15)18-12-20(16-6-2-1-3-7-16)23-19-9-5-4-8-17(18)19/h1-9,12,15,22H,10-11,13-14H2/i1D,2D,3D,6D,7D. The summed E-state index contributed by atoms with van der Waals surface area (Å²) in [7, 11) is 0. The number of para-hydroxylation sites is 1. The summed E-state index contributed by atoms with van der Waals surface area (Å²) in [6, 6.07) is 6.87. The van der Waals surface area contributed by atoms with Gasteiger partial charge < -0.3 is 5.32 Å². The van der Waals surface area contributed by atoms with Crippen molar-refractivity contribution in [2.45, 2.75) is 12.8 Å². The summed E-state index contributed by atoms with van der Waals surface area (Å²) < 4.78 is 40.1. The number of carbonyl (C=O) groups is 1. The molecule has 0 aliphatic carbocycles. The van der Waals surface area contributed by atoms with E-state index in [1.165, 1.54) is 0 Å². The highest BCUT2D eigenvalue weighted by atomic mass is 16.1. The normalized spacial score (nSPS) is 17.4. The summed E-state index contributed by atoms with van der Waals surface area (Å²) in [5.74, 6) is 0.483. The van der Waals surface area contributed by atoms with E-state index < -0.39 is 18.1 Å². The maximum atomic E-state index is 13.0. The monoisotopic (exact) mass is 321 g/mol. The second kappa shape index (κ2) is 6.54. The molecule has 2 aromatic carbocycles. The summed E-state index contributed by atoms with van der Waals surface area (Å²) in [5.41, 5.74) is 1.27. The number of nitrogens with one attached hydrogen (secondary N) is 1. The molecule has 0 radical (unpaired) electrons. The maximum Gasteiger partial charge on any atom is 0.163 e. The lowest BCUT2D eigenvalue weighted by Gasteiger charge is -2.26. The molecule has 3 nitrogen and oxygen atoms in total. The van der Waals surface area contributed by atoms with Gasteiger partial charge in [0.2, 0.25) is 0 Å². The van der Waals surface area contributed by atoms with Crippen LogP contribution in [0.5, 0.6) is 0 Å². The van der Waals surface area contributed by atoms with E-state index in [-0.39, 0.29) is 29.1 Å². The second-order valence-corrected chi connectivity index (χ2v) is 6.06. The van der Waals surface area contributed by atoms with Crippen molar-refractivity contribution in [3.63, 3.8) is 0 Å². The number of carbonyl (C=O) groups excluding carboxylic acids is 1. The smallest absolute Gasteiger partial charge is 0.163 e. The molecule has 0 spiro atoms. The number of hydrogen-bond acceptors (Lipinski definition) is 3. The second-order valence-electron chi connectivity index (χ2n) is 6.06. The average Bonchev–Trinajstić information content (AvgIpc) is 2.69. The van der Waals surface area contributed by atoms with Gasteiger partial charge in [0.25, 0.3) is 0 Å². The highest BCUT2D eigenvalue weighted by Crippen LogP contribution is 2.26. The van der Waals surface area contributed by atoms with Gasteiger partial charge in [-0.05, 0) is 37.6 Å². The molecule has 24 heavy (non-hydrogen) atoms. The molecule has 1 N–H and O–H groups in total. The highest BCUT2D eigenvalue weighted by molar-refractivity contribution is 6.08. The molecule has 120 valence electrons. The van der Waals surface area contributed by atoms with Gasteiger partial charge in [-0.15, -0.1) is 0 Å². The fraction of sp³-hybridized carbons (Fsp3) is 0.238. The molecule has 1 saturated heterocycles. The number of benzene rings is 2. The van der Waals surface area contributed by atoms with Crippen molar-refractivity contribution in [3.05, 3.63) is 66.1 Å². The van der Waals surface area contributed by atoms with E-state index in [1.54, 1.807) is 18.2 Å². The Morgan fingerprint density at radius 2 is 2.00 bits per heavy atom. The van der Waals surface area contributed by atoms with Crippen LogP contribution in [0.4, 0.5) is 0 Å². The van der Waals surface area contributed by atoms with Crippen LogP contribution in [0, 0.1) is 5.92 Å². The van der Waals surface area contributed by atoms with Crippen LogP contribution in [0.1, 0.15) is 30.1 Å². The van der Waals surface area contributed by atoms with Gasteiger partial charge in [-0.3, -0.25) is 4.79 Å². The third kappa shape index (κ3) is 2.95. The van der Waals surface area contributed by atoms with Crippen LogP contribution in [-0.4, -0.2) is 23.9 Å². The zero-order chi connectivity index (χ0) is 20.7. The fourth-order valence-electron chi connectivity index (χ4n) is 2.93. The Morgan fingerprint density at radius 3 is 2.75 bits per heavy atom. The molecule has 0 unspecified atom stereocenters. The van der Waals surface area contributed by atoms with Crippen molar-refractivity contribution in [3.8, 4) is 11.3 Å². The van der Waals surface area contributed by atoms with Gasteiger partial charge in [-0.2, -0.15) is 0 Å². The zero-order valence-corrected chi connectivity index (χ0v) is 13.1. The van der Waals surface area contributed by atoms with Crippen molar-refractivity contribution in [2.75, 3.05) is 13.1 Å². The van der Waals surface area contributed by atoms with Crippen molar-refractivity contribution < 1.29 is 11.6 Å². The van der Waals surface area contributed by atoms with Crippen LogP contribution < -0.4 is 5.32 Å². The summed E-state index contributed by atoms with van der Waals surface area (Å²) in [5, 5.41) is 3.91. The molecule has 0 bridgehead atoms. The van der Waals surface area contributed by atoms with Crippen LogP contribution in [0.2, 0.25) is 0 Å². The summed E-state index contributed by atoms with van der Waals surface area (Å²) >= 11 is 0. The molecule has 1 aromatic heterocycles. The number of fused-ring (bicyclic) bond motifs is 1. The minimum absolute atomic E-state index is 0.0130. The lowest BCUT2D eigenvalue weighted by molar-refractivity contribution is 0.0970. The van der Waals surface area contributed by atoms with Gasteiger partial charge in [-0.25, -0.2) is 4.98 Å². The Labute approximate surface area is 148 Å². The van der Waals surface area contributed by atoms with E-state index in [9.17, 15) is 4.79 Å². The first kappa shape index (κ1) is 10.4. The topological polar surface area (TPSA) is 42.0 Å². The van der Waals surface area contributed by atoms with E-state index in [1.807, 2.05) is 12.1 Å². The molecule has 3 heteroatoms. The fourth-order valence-corrected chi connectivity index (χ4v) is 2.93. The predicted octanol–water partition coefficient (Wildman–Crippen LogP) is 4.08. The Kier molecular flexibility index (Phi) is 2.82. The molecule has 0 amide bonds. The third-order valence-electron chi connectivity index (χ3n) is 4.42. The molecular formula is C21H20N2O. The zero-order valence-electron chi connectivity index (χ0n) is 18.1. The average molecular weight is 321 g/mol. The lowest BCUT2D eigenvalue weighted by Crippen LogP contribution is -2.42. The molecule has 2 heterocycles. The molecular weight excluding hydrogens is 296 g/mol. The Bertz CT molecular complexity index is 1100. The van der Waals surface area contributed by atoms with Gasteiger partial charge in [0.1, 0.15) is 0 Å². The molecule has 0 saturated carbocycles. The Morgan fingerprint density at radius 1 is 1.21 bits per heavy atom. The Hall–Kier alpha value is -2.52. The summed E-state index contributed by atoms with van der Waals surface area (Å²) in [6.07, 6.45) is 1.20. The molecule has 1 fully saturated rings. The van der Waals surface area contributed by atoms with Crippen molar-refractivity contribution in [1.82, 2.24) is 10.3 Å². The number of nitrogens with zero attached hydrogens (tertiary/aromatic N) is 1. The Balaban J connectivity index is 1.86. The van der Waals surface area contributed by atoms with Gasteiger partial charge in [0, 0.05) is 22.9 Å². The van der Waals surface area contributed by atoms with Gasteiger partial charge in [0.05, 0.1) is 18.1 Å². The maximum absolute atomic E-state index is 13.0. The predicted molar refractivity (Wildman–Crippen MR) is 97.1 cm³/mol.